The number of fused-ring (bicyclic) bond motifs is 1. The van der Waals surface area contributed by atoms with Crippen LogP contribution in [-0.2, 0) is 6.42 Å². The lowest BCUT2D eigenvalue weighted by Crippen LogP contribution is -2.49. The van der Waals surface area contributed by atoms with Crippen LogP contribution in [0.15, 0.2) is 29.8 Å². The highest BCUT2D eigenvalue weighted by Gasteiger charge is 2.50. The van der Waals surface area contributed by atoms with Crippen molar-refractivity contribution in [3.8, 4) is 11.5 Å². The molecule has 3 aliphatic carbocycles. The Kier molecular flexibility index (Phi) is 4.91. The van der Waals surface area contributed by atoms with Crippen LogP contribution < -0.4 is 9.47 Å². The molecule has 0 amide bonds. The Balaban J connectivity index is 1.55. The first-order chi connectivity index (χ1) is 11.5. The highest BCUT2D eigenvalue weighted by molar-refractivity contribution is 5.43. The average Bonchev–Trinajstić information content (AvgIpc) is 2.59. The van der Waals surface area contributed by atoms with Crippen molar-refractivity contribution < 1.29 is 9.47 Å². The third kappa shape index (κ3) is 3.19. The molecule has 2 unspecified atom stereocenters. The van der Waals surface area contributed by atoms with Gasteiger partial charge in [0.15, 0.2) is 11.5 Å². The number of allylic oxidation sites excluding steroid dienone is 1. The van der Waals surface area contributed by atoms with Crippen LogP contribution in [0.2, 0.25) is 0 Å². The summed E-state index contributed by atoms with van der Waals surface area (Å²) < 4.78 is 10.7. The van der Waals surface area contributed by atoms with Gasteiger partial charge in [-0.2, -0.15) is 0 Å². The van der Waals surface area contributed by atoms with Crippen LogP contribution in [-0.4, -0.2) is 39.3 Å². The molecule has 1 aromatic rings. The molecule has 3 aliphatic rings. The molecule has 1 saturated carbocycles. The Hall–Kier alpha value is -1.48. The molecule has 0 spiro atoms. The van der Waals surface area contributed by atoms with Gasteiger partial charge in [-0.1, -0.05) is 31.6 Å². The maximum Gasteiger partial charge on any atom is 0.160 e. The number of hydrogen-bond donors (Lipinski definition) is 0. The summed E-state index contributed by atoms with van der Waals surface area (Å²) in [5.41, 5.74) is 3.48. The van der Waals surface area contributed by atoms with E-state index in [9.17, 15) is 0 Å². The number of benzene rings is 1. The van der Waals surface area contributed by atoms with Crippen molar-refractivity contribution in [3.05, 3.63) is 35.4 Å². The largest absolute Gasteiger partial charge is 0.493 e. The minimum absolute atomic E-state index is 0.522. The molecule has 2 atom stereocenters. The molecule has 1 aromatic carbocycles. The summed E-state index contributed by atoms with van der Waals surface area (Å²) in [6, 6.07) is 6.22. The Morgan fingerprint density at radius 2 is 1.92 bits per heavy atom. The summed E-state index contributed by atoms with van der Waals surface area (Å²) in [5, 5.41) is 0. The Labute approximate surface area is 146 Å². The van der Waals surface area contributed by atoms with Gasteiger partial charge in [-0.05, 0) is 61.3 Å². The van der Waals surface area contributed by atoms with Gasteiger partial charge in [0.25, 0.3) is 0 Å². The Morgan fingerprint density at radius 1 is 1.17 bits per heavy atom. The predicted molar refractivity (Wildman–Crippen MR) is 98.8 cm³/mol. The van der Waals surface area contributed by atoms with E-state index in [1.807, 2.05) is 6.07 Å². The molecule has 24 heavy (non-hydrogen) atoms. The molecule has 0 N–H and O–H groups in total. The van der Waals surface area contributed by atoms with Crippen molar-refractivity contribution >= 4 is 0 Å². The van der Waals surface area contributed by atoms with Crippen molar-refractivity contribution in [1.29, 1.82) is 0 Å². The van der Waals surface area contributed by atoms with Gasteiger partial charge in [0.1, 0.15) is 0 Å². The summed E-state index contributed by atoms with van der Waals surface area (Å²) in [7, 11) is 5.60. The van der Waals surface area contributed by atoms with Crippen LogP contribution in [0, 0.1) is 17.3 Å². The van der Waals surface area contributed by atoms with E-state index in [4.69, 9.17) is 9.47 Å². The molecule has 0 saturated heterocycles. The van der Waals surface area contributed by atoms with Gasteiger partial charge >= 0.3 is 0 Å². The summed E-state index contributed by atoms with van der Waals surface area (Å²) in [4.78, 5) is 2.46. The molecular weight excluding hydrogens is 298 g/mol. The first-order valence-corrected chi connectivity index (χ1v) is 9.04. The van der Waals surface area contributed by atoms with Crippen molar-refractivity contribution in [2.45, 2.75) is 33.1 Å². The SMILES string of the molecule is COc1ccc(CCN(C)CC2=CCC3CC2C3(C)C)cc1OC. The summed E-state index contributed by atoms with van der Waals surface area (Å²) >= 11 is 0. The number of rotatable bonds is 7. The maximum absolute atomic E-state index is 5.40. The molecule has 0 aliphatic heterocycles. The zero-order chi connectivity index (χ0) is 17.3. The van der Waals surface area contributed by atoms with E-state index >= 15 is 0 Å². The number of likely N-dealkylation sites (N-methyl/N-ethyl adjacent to an activating group) is 1. The van der Waals surface area contributed by atoms with E-state index in [0.29, 0.717) is 5.41 Å². The molecule has 4 rings (SSSR count). The lowest BCUT2D eigenvalue weighted by molar-refractivity contribution is -0.00994. The van der Waals surface area contributed by atoms with E-state index in [2.05, 4.69) is 44.0 Å². The van der Waals surface area contributed by atoms with Crippen LogP contribution >= 0.6 is 0 Å². The predicted octanol–water partition coefficient (Wildman–Crippen LogP) is 4.17. The van der Waals surface area contributed by atoms with Crippen molar-refractivity contribution in [1.82, 2.24) is 4.90 Å². The van der Waals surface area contributed by atoms with Gasteiger partial charge in [-0.25, -0.2) is 0 Å². The maximum atomic E-state index is 5.40. The minimum Gasteiger partial charge on any atom is -0.493 e. The summed E-state index contributed by atoms with van der Waals surface area (Å²) in [5.74, 6) is 3.33. The highest BCUT2D eigenvalue weighted by Crippen LogP contribution is 2.59. The molecule has 132 valence electrons. The van der Waals surface area contributed by atoms with Crippen LogP contribution in [0.1, 0.15) is 32.3 Å². The molecule has 0 radical (unpaired) electrons. The third-order valence-corrected chi connectivity index (χ3v) is 6.27. The minimum atomic E-state index is 0.522. The van der Waals surface area contributed by atoms with Crippen molar-refractivity contribution in [2.24, 2.45) is 17.3 Å². The molecule has 2 bridgehead atoms. The first kappa shape index (κ1) is 17.3. The van der Waals surface area contributed by atoms with Crippen molar-refractivity contribution in [3.63, 3.8) is 0 Å². The Morgan fingerprint density at radius 3 is 2.54 bits per heavy atom. The normalized spacial score (nSPS) is 24.3. The molecule has 0 heterocycles. The molecule has 3 heteroatoms. The zero-order valence-electron chi connectivity index (χ0n) is 15.8. The van der Waals surface area contributed by atoms with E-state index in [1.54, 1.807) is 19.8 Å². The second-order valence-electron chi connectivity index (χ2n) is 8.00. The lowest BCUT2D eigenvalue weighted by atomic mass is 9.49. The van der Waals surface area contributed by atoms with Gasteiger partial charge in [0.05, 0.1) is 14.2 Å². The quantitative estimate of drug-likeness (QED) is 0.701. The molecule has 0 aromatic heterocycles. The summed E-state index contributed by atoms with van der Waals surface area (Å²) in [6.45, 7) is 7.06. The number of ether oxygens (including phenoxy) is 2. The fourth-order valence-corrected chi connectivity index (χ4v) is 4.40. The molecule has 3 nitrogen and oxygen atoms in total. The lowest BCUT2D eigenvalue weighted by Gasteiger charge is -2.57. The second-order valence-corrected chi connectivity index (χ2v) is 8.00. The highest BCUT2D eigenvalue weighted by atomic mass is 16.5. The van der Waals surface area contributed by atoms with Gasteiger partial charge in [-0.15, -0.1) is 0 Å². The van der Waals surface area contributed by atoms with Gasteiger partial charge in [0, 0.05) is 13.1 Å². The van der Waals surface area contributed by atoms with E-state index in [0.717, 1.165) is 42.8 Å². The standard InChI is InChI=1S/C21H31NO2/c1-21(2)17-8-7-16(18(21)13-17)14-22(3)11-10-15-6-9-19(23-4)20(12-15)24-5/h6-7,9,12,17-18H,8,10-11,13-14H2,1-5H3. The van der Waals surface area contributed by atoms with Gasteiger partial charge < -0.3 is 14.4 Å². The van der Waals surface area contributed by atoms with Gasteiger partial charge in [0.2, 0.25) is 0 Å². The van der Waals surface area contributed by atoms with Crippen molar-refractivity contribution in [2.75, 3.05) is 34.4 Å². The van der Waals surface area contributed by atoms with Gasteiger partial charge in [-0.3, -0.25) is 0 Å². The first-order valence-electron chi connectivity index (χ1n) is 9.04. The van der Waals surface area contributed by atoms with Crippen LogP contribution in [0.3, 0.4) is 0 Å². The Bertz CT molecular complexity index is 620. The molecular formula is C21H31NO2. The fraction of sp³-hybridized carbons (Fsp3) is 0.619. The average molecular weight is 329 g/mol. The van der Waals surface area contributed by atoms with Crippen LogP contribution in [0.4, 0.5) is 0 Å². The van der Waals surface area contributed by atoms with Crippen LogP contribution in [0.5, 0.6) is 11.5 Å². The number of hydrogen-bond acceptors (Lipinski definition) is 3. The topological polar surface area (TPSA) is 21.7 Å². The van der Waals surface area contributed by atoms with E-state index < -0.39 is 0 Å². The monoisotopic (exact) mass is 329 g/mol. The second kappa shape index (κ2) is 6.79. The third-order valence-electron chi connectivity index (χ3n) is 6.27. The number of nitrogens with zero attached hydrogens (tertiary/aromatic N) is 1. The van der Waals surface area contributed by atoms with E-state index in [-0.39, 0.29) is 0 Å². The fourth-order valence-electron chi connectivity index (χ4n) is 4.40. The number of methoxy groups -OCH3 is 2. The summed E-state index contributed by atoms with van der Waals surface area (Å²) in [6.07, 6.45) is 6.22. The smallest absolute Gasteiger partial charge is 0.160 e. The zero-order valence-corrected chi connectivity index (χ0v) is 15.8. The molecule has 1 fully saturated rings. The van der Waals surface area contributed by atoms with E-state index in [1.165, 1.54) is 18.4 Å². The van der Waals surface area contributed by atoms with Crippen LogP contribution in [0.25, 0.3) is 0 Å².